The quantitative estimate of drug-likeness (QED) is 0.0198. The molecule has 40 nitrogen and oxygen atoms in total. The van der Waals surface area contributed by atoms with Crippen LogP contribution in [0.25, 0.3) is 0 Å². The third-order valence-corrected chi connectivity index (χ3v) is 34.4. The van der Waals surface area contributed by atoms with Crippen LogP contribution in [0.5, 0.6) is 46.0 Å². The van der Waals surface area contributed by atoms with E-state index in [0.717, 1.165) is 84.6 Å². The number of oxime groups is 4. The summed E-state index contributed by atoms with van der Waals surface area (Å²) in [5.74, 6) is -5.95. The highest BCUT2D eigenvalue weighted by Gasteiger charge is 2.37. The molecule has 0 saturated heterocycles. The lowest BCUT2D eigenvalue weighted by Crippen LogP contribution is -2.22. The summed E-state index contributed by atoms with van der Waals surface area (Å²) in [6.07, 6.45) is 0.483. The van der Waals surface area contributed by atoms with Crippen LogP contribution >= 0.6 is 0 Å². The van der Waals surface area contributed by atoms with Crippen molar-refractivity contribution in [3.8, 4) is 46.0 Å². The first-order chi connectivity index (χ1) is 66.3. The maximum absolute atomic E-state index is 14.0. The topological polar surface area (TPSA) is 570 Å². The second-order valence-corrected chi connectivity index (χ2v) is 49.3. The Bertz CT molecular complexity index is 8010. The SMILES string of the molecule is CC(=N\OS(=O)(=O)c1cc(OS(=O)(=O)c2ccc(C)cc2)ccc1OS(=O)(=O)c1ccc(C)cc1)/C(C)=N/OS(=O)(=O)c1cc(OS(=O)(=O)c2ccc(C)cc2)ccc1OS(=O)(=O)c1ccc(C)cc1.Cc1ccc(S(=O)(=O)Oc2ccc(OS(=O)(=O)c3ccc(C)cc3)c(S(=O)(=O)O/N=C3\CCCC\C3=N/OS(=O)(=O)c3cc(OS(=O)(=O)c4ccc(C)cc4)ccc3OS(=O)(=O)c3ccc(C)cc3)c2)cc1. The number of hydrogen-bond acceptors (Lipinski definition) is 40. The Hall–Kier alpha value is -13.7. The summed E-state index contributed by atoms with van der Waals surface area (Å²) in [6, 6.07) is 52.7. The monoisotopic (exact) mass is 2180 g/mol. The molecule has 0 spiro atoms. The Morgan fingerprint density at radius 1 is 0.197 bits per heavy atom. The molecule has 0 bridgehead atoms. The number of aryl methyl sites for hydroxylation is 8. The predicted octanol–water partition coefficient (Wildman–Crippen LogP) is 14.2. The van der Waals surface area contributed by atoms with E-state index >= 15 is 0 Å². The molecule has 0 atom stereocenters. The van der Waals surface area contributed by atoms with Gasteiger partial charge in [0.15, 0.2) is 42.6 Å². The van der Waals surface area contributed by atoms with Crippen LogP contribution in [0.3, 0.4) is 0 Å². The number of benzene rings is 12. The van der Waals surface area contributed by atoms with Gasteiger partial charge in [-0.1, -0.05) is 162 Å². The molecule has 1 aliphatic carbocycles. The molecule has 0 aliphatic heterocycles. The lowest BCUT2D eigenvalue weighted by Gasteiger charge is -2.16. The van der Waals surface area contributed by atoms with E-state index in [1.807, 2.05) is 0 Å². The van der Waals surface area contributed by atoms with E-state index in [-0.39, 0.29) is 63.4 Å². The number of rotatable bonds is 37. The molecule has 52 heteroatoms. The molecule has 12 aromatic carbocycles. The Kier molecular flexibility index (Phi) is 32.2. The molecule has 0 unspecified atom stereocenters. The van der Waals surface area contributed by atoms with Crippen molar-refractivity contribution in [1.29, 1.82) is 0 Å². The molecule has 13 rings (SSSR count). The molecule has 12 aromatic rings. The number of nitrogens with zero attached hydrogens (tertiary/aromatic N) is 4. The van der Waals surface area contributed by atoms with Gasteiger partial charge >= 0.3 is 121 Å². The molecule has 750 valence electrons. The summed E-state index contributed by atoms with van der Waals surface area (Å²) in [5.41, 5.74) is 4.11. The Morgan fingerprint density at radius 3 is 0.521 bits per heavy atom. The van der Waals surface area contributed by atoms with Crippen LogP contribution in [0.4, 0.5) is 0 Å². The third-order valence-electron chi connectivity index (χ3n) is 19.8. The van der Waals surface area contributed by atoms with Gasteiger partial charge in [0.1, 0.15) is 85.0 Å². The van der Waals surface area contributed by atoms with Gasteiger partial charge in [0.25, 0.3) is 0 Å². The Morgan fingerprint density at radius 2 is 0.352 bits per heavy atom. The highest BCUT2D eigenvalue weighted by atomic mass is 32.3. The lowest BCUT2D eigenvalue weighted by atomic mass is 9.97. The minimum Gasteiger partial charge on any atom is -0.379 e. The van der Waals surface area contributed by atoms with Crippen molar-refractivity contribution in [1.82, 2.24) is 0 Å². The molecule has 0 heterocycles. The average Bonchev–Trinajstić information content (AvgIpc) is 0.787. The van der Waals surface area contributed by atoms with Crippen molar-refractivity contribution in [2.24, 2.45) is 20.6 Å². The van der Waals surface area contributed by atoms with E-state index in [4.69, 9.17) is 50.6 Å². The van der Waals surface area contributed by atoms with E-state index < -0.39 is 198 Å². The zero-order valence-corrected chi connectivity index (χ0v) is 85.4. The summed E-state index contributed by atoms with van der Waals surface area (Å²) in [4.78, 5) is -6.99. The van der Waals surface area contributed by atoms with Gasteiger partial charge in [-0.25, -0.2) is 0 Å². The van der Waals surface area contributed by atoms with E-state index in [1.165, 1.54) is 194 Å². The van der Waals surface area contributed by atoms with Crippen molar-refractivity contribution in [2.75, 3.05) is 0 Å². The van der Waals surface area contributed by atoms with Crippen LogP contribution in [0.2, 0.25) is 0 Å². The largest absolute Gasteiger partial charge is 0.379 e. The van der Waals surface area contributed by atoms with Gasteiger partial charge in [-0.3, -0.25) is 17.1 Å². The van der Waals surface area contributed by atoms with E-state index in [0.29, 0.717) is 59.4 Å². The van der Waals surface area contributed by atoms with Crippen molar-refractivity contribution < 1.29 is 152 Å². The molecule has 0 radical (unpaired) electrons. The van der Waals surface area contributed by atoms with Crippen molar-refractivity contribution in [3.63, 3.8) is 0 Å². The van der Waals surface area contributed by atoms with Crippen LogP contribution < -0.4 is 33.5 Å². The summed E-state index contributed by atoms with van der Waals surface area (Å²) in [6.45, 7) is 15.8. The molecule has 1 fully saturated rings. The summed E-state index contributed by atoms with van der Waals surface area (Å²) >= 11 is 0. The first kappa shape index (κ1) is 107. The fourth-order valence-electron chi connectivity index (χ4n) is 12.0. The van der Waals surface area contributed by atoms with Gasteiger partial charge in [0.2, 0.25) is 0 Å². The summed E-state index contributed by atoms with van der Waals surface area (Å²) in [7, 11) is -58.5. The van der Waals surface area contributed by atoms with Crippen LogP contribution in [0, 0.1) is 55.4 Å². The van der Waals surface area contributed by atoms with Crippen LogP contribution in [-0.2, 0) is 139 Å². The maximum Gasteiger partial charge on any atom is 0.362 e. The van der Waals surface area contributed by atoms with E-state index in [1.54, 1.807) is 55.4 Å². The zero-order valence-electron chi connectivity index (χ0n) is 75.6. The lowest BCUT2D eigenvalue weighted by molar-refractivity contribution is 0.329. The second-order valence-electron chi connectivity index (χ2n) is 31.0. The smallest absolute Gasteiger partial charge is 0.362 e. The molecule has 0 aromatic heterocycles. The Balaban J connectivity index is 0.000000254. The minimum absolute atomic E-state index is 0.0930. The van der Waals surface area contributed by atoms with E-state index in [9.17, 15) is 101 Å². The molecular formula is C90H82N4O36S12. The molecule has 0 N–H and O–H groups in total. The van der Waals surface area contributed by atoms with Gasteiger partial charge < -0.3 is 33.5 Å². The first-order valence-electron chi connectivity index (χ1n) is 40.9. The van der Waals surface area contributed by atoms with Crippen LogP contribution in [0.1, 0.15) is 84.0 Å². The average molecular weight is 2180 g/mol. The predicted molar refractivity (Wildman–Crippen MR) is 510 cm³/mol. The van der Waals surface area contributed by atoms with Gasteiger partial charge in [-0.05, 0) is 241 Å². The van der Waals surface area contributed by atoms with Crippen LogP contribution in [0.15, 0.2) is 346 Å². The fourth-order valence-corrected chi connectivity index (χ4v) is 23.3. The van der Waals surface area contributed by atoms with Crippen molar-refractivity contribution in [3.05, 3.63) is 311 Å². The third kappa shape index (κ3) is 27.4. The minimum atomic E-state index is -5.31. The first-order valence-corrected chi connectivity index (χ1v) is 57.8. The van der Waals surface area contributed by atoms with E-state index in [2.05, 4.69) is 20.6 Å². The highest BCUT2D eigenvalue weighted by molar-refractivity contribution is 7.90. The van der Waals surface area contributed by atoms with Gasteiger partial charge in [-0.15, -0.1) is 0 Å². The zero-order chi connectivity index (χ0) is 104. The highest BCUT2D eigenvalue weighted by Crippen LogP contribution is 2.40. The van der Waals surface area contributed by atoms with Crippen molar-refractivity contribution >= 4 is 144 Å². The second kappa shape index (κ2) is 42.6. The van der Waals surface area contributed by atoms with Gasteiger partial charge in [0, 0.05) is 24.3 Å². The Labute approximate surface area is 820 Å². The molecule has 1 aliphatic rings. The summed E-state index contributed by atoms with van der Waals surface area (Å²) in [5, 5.41) is 14.4. The maximum atomic E-state index is 14.0. The molecule has 0 amide bonds. The van der Waals surface area contributed by atoms with Crippen LogP contribution in [-0.4, -0.2) is 124 Å². The molecular weight excluding hydrogens is 2100 g/mol. The normalized spacial score (nSPS) is 14.0. The van der Waals surface area contributed by atoms with Gasteiger partial charge in [0.05, 0.1) is 0 Å². The molecule has 1 saturated carbocycles. The molecule has 142 heavy (non-hydrogen) atoms. The standard InChI is InChI=1S/C46H42N2O18S6.C44H40N2O18S6/c1-31-9-19-37(20-10-31)67(49,50)61-35-17-27-43(63-69(53,54)39-23-13-33(3)14-24-39)45(29-35)71(57,58)65-47-41-7-5-6-8-42(41)48-66-72(59,60)46-30-36(62-68(51,52)38-21-11-32(2)12-22-38)18-28-44(46)64-70(55,56)40-25-15-34(4)16-26-40;1-29-7-17-37(18-8-29)65(47,48)59-35-15-25-41(61-67(51,52)39-21-11-31(3)12-22-39)43(27-35)69(55,56)63-45-33(5)34(6)46-64-70(57,58)44-28-36(60-66(49,50)38-19-9-30(2)10-20-38)16-26-42(44)62-68(53,54)40-23-13-32(4)14-24-40/h9-30H,5-8H2,1-4H3;7-28H,1-6H3/b47-41+,48-42+;45-33+,46-34+. The summed E-state index contributed by atoms with van der Waals surface area (Å²) < 4.78 is 384. The number of hydrogen-bond donors (Lipinski definition) is 0. The van der Waals surface area contributed by atoms with Crippen molar-refractivity contribution in [2.45, 2.75) is 154 Å². The fraction of sp³-hybridized carbons (Fsp3) is 0.156. The van der Waals surface area contributed by atoms with Gasteiger partial charge in [-0.2, -0.15) is 101 Å².